The molecule has 1 saturated heterocycles. The second-order valence-electron chi connectivity index (χ2n) is 3.20. The van der Waals surface area contributed by atoms with E-state index in [-0.39, 0.29) is 0 Å². The number of rotatable bonds is 3. The van der Waals surface area contributed by atoms with Crippen molar-refractivity contribution < 1.29 is 4.74 Å². The van der Waals surface area contributed by atoms with Crippen molar-refractivity contribution in [3.63, 3.8) is 0 Å². The Hall–Kier alpha value is -0.350. The second kappa shape index (κ2) is 4.45. The van der Waals surface area contributed by atoms with Crippen molar-refractivity contribution in [2.45, 2.75) is 6.04 Å². The quantitative estimate of drug-likeness (QED) is 0.915. The van der Waals surface area contributed by atoms with Crippen LogP contribution in [0.2, 0.25) is 0 Å². The lowest BCUT2D eigenvalue weighted by atomic mass is 10.2. The van der Waals surface area contributed by atoms with Crippen LogP contribution in [0.15, 0.2) is 22.7 Å². The molecule has 0 amide bonds. The number of benzene rings is 1. The lowest BCUT2D eigenvalue weighted by Crippen LogP contribution is -2.33. The lowest BCUT2D eigenvalue weighted by Gasteiger charge is -2.27. The molecule has 14 heavy (non-hydrogen) atoms. The molecule has 76 valence electrons. The third kappa shape index (κ3) is 2.01. The van der Waals surface area contributed by atoms with E-state index in [9.17, 15) is 0 Å². The molecule has 0 bridgehead atoms. The predicted molar refractivity (Wildman–Crippen MR) is 65.4 cm³/mol. The Balaban J connectivity index is 2.15. The molecule has 2 nitrogen and oxygen atoms in total. The second-order valence-corrected chi connectivity index (χ2v) is 5.07. The van der Waals surface area contributed by atoms with Gasteiger partial charge in [0.25, 0.3) is 0 Å². The van der Waals surface area contributed by atoms with Gasteiger partial charge in [-0.1, -0.05) is 6.07 Å². The first kappa shape index (κ1) is 10.2. The summed E-state index contributed by atoms with van der Waals surface area (Å²) in [7, 11) is 1.68. The van der Waals surface area contributed by atoms with Gasteiger partial charge >= 0.3 is 0 Å². The fraction of sp³-hybridized carbons (Fsp3) is 0.400. The maximum Gasteiger partial charge on any atom is 0.135 e. The number of methoxy groups -OCH3 is 1. The van der Waals surface area contributed by atoms with Crippen molar-refractivity contribution in [1.29, 1.82) is 0 Å². The number of nitrogens with one attached hydrogen (secondary N) is 1. The molecule has 1 aliphatic heterocycles. The normalized spacial score (nSPS) is 16.1. The van der Waals surface area contributed by atoms with Crippen LogP contribution in [0.1, 0.15) is 0 Å². The maximum atomic E-state index is 5.23. The summed E-state index contributed by atoms with van der Waals surface area (Å²) in [6.07, 6.45) is 0. The Morgan fingerprint density at radius 1 is 1.50 bits per heavy atom. The lowest BCUT2D eigenvalue weighted by molar-refractivity contribution is 0.412. The molecule has 0 saturated carbocycles. The molecular formula is C10H12BrNOS. The Kier molecular flexibility index (Phi) is 3.23. The molecule has 1 aliphatic rings. The molecule has 0 radical (unpaired) electrons. The first-order chi connectivity index (χ1) is 6.81. The van der Waals surface area contributed by atoms with Crippen LogP contribution in [0.4, 0.5) is 5.69 Å². The van der Waals surface area contributed by atoms with Crippen LogP contribution in [-0.2, 0) is 0 Å². The van der Waals surface area contributed by atoms with Gasteiger partial charge in [0.1, 0.15) is 5.75 Å². The SMILES string of the molecule is COc1cccc(NC2CSC2)c1Br. The van der Waals surface area contributed by atoms with Gasteiger partial charge in [-0.2, -0.15) is 11.8 Å². The summed E-state index contributed by atoms with van der Waals surface area (Å²) in [5, 5.41) is 3.47. The Morgan fingerprint density at radius 2 is 2.29 bits per heavy atom. The van der Waals surface area contributed by atoms with E-state index >= 15 is 0 Å². The number of anilines is 1. The average Bonchev–Trinajstić information content (AvgIpc) is 2.13. The molecule has 0 aromatic heterocycles. The van der Waals surface area contributed by atoms with Gasteiger partial charge in [-0.15, -0.1) is 0 Å². The molecule has 1 heterocycles. The highest BCUT2D eigenvalue weighted by atomic mass is 79.9. The summed E-state index contributed by atoms with van der Waals surface area (Å²) >= 11 is 5.50. The molecule has 0 aliphatic carbocycles. The van der Waals surface area contributed by atoms with E-state index in [2.05, 4.69) is 27.3 Å². The minimum atomic E-state index is 0.614. The zero-order valence-electron chi connectivity index (χ0n) is 7.92. The van der Waals surface area contributed by atoms with Gasteiger partial charge in [0.05, 0.1) is 17.3 Å². The zero-order chi connectivity index (χ0) is 9.97. The van der Waals surface area contributed by atoms with Gasteiger partial charge in [0.2, 0.25) is 0 Å². The third-order valence-corrected chi connectivity index (χ3v) is 4.28. The molecule has 0 unspecified atom stereocenters. The van der Waals surface area contributed by atoms with Gasteiger partial charge in [0.15, 0.2) is 0 Å². The van der Waals surface area contributed by atoms with Crippen LogP contribution in [0.5, 0.6) is 5.75 Å². The topological polar surface area (TPSA) is 21.3 Å². The Labute approximate surface area is 96.5 Å². The largest absolute Gasteiger partial charge is 0.495 e. The summed E-state index contributed by atoms with van der Waals surface area (Å²) < 4.78 is 6.24. The third-order valence-electron chi connectivity index (χ3n) is 2.18. The van der Waals surface area contributed by atoms with Crippen LogP contribution >= 0.6 is 27.7 Å². The number of ether oxygens (including phenoxy) is 1. The smallest absolute Gasteiger partial charge is 0.135 e. The maximum absolute atomic E-state index is 5.23. The average molecular weight is 274 g/mol. The van der Waals surface area contributed by atoms with Crippen LogP contribution < -0.4 is 10.1 Å². The minimum Gasteiger partial charge on any atom is -0.495 e. The van der Waals surface area contributed by atoms with Gasteiger partial charge in [-0.3, -0.25) is 0 Å². The monoisotopic (exact) mass is 273 g/mol. The van der Waals surface area contributed by atoms with Crippen LogP contribution in [0, 0.1) is 0 Å². The Morgan fingerprint density at radius 3 is 2.86 bits per heavy atom. The molecular weight excluding hydrogens is 262 g/mol. The predicted octanol–water partition coefficient (Wildman–Crippen LogP) is 2.99. The summed E-state index contributed by atoms with van der Waals surface area (Å²) in [5.74, 6) is 3.27. The van der Waals surface area contributed by atoms with Gasteiger partial charge < -0.3 is 10.1 Å². The van der Waals surface area contributed by atoms with Crippen molar-refractivity contribution in [2.24, 2.45) is 0 Å². The van der Waals surface area contributed by atoms with E-state index in [1.54, 1.807) is 7.11 Å². The van der Waals surface area contributed by atoms with Gasteiger partial charge in [-0.25, -0.2) is 0 Å². The standard InChI is InChI=1S/C10H12BrNOS/c1-13-9-4-2-3-8(10(9)11)12-7-5-14-6-7/h2-4,7,12H,5-6H2,1H3. The summed E-state index contributed by atoms with van der Waals surface area (Å²) in [6.45, 7) is 0. The summed E-state index contributed by atoms with van der Waals surface area (Å²) in [4.78, 5) is 0. The van der Waals surface area contributed by atoms with E-state index in [0.29, 0.717) is 6.04 Å². The summed E-state index contributed by atoms with van der Waals surface area (Å²) in [6, 6.07) is 6.63. The molecule has 0 atom stereocenters. The fourth-order valence-electron chi connectivity index (χ4n) is 1.32. The molecule has 4 heteroatoms. The van der Waals surface area contributed by atoms with Crippen molar-refractivity contribution in [1.82, 2.24) is 0 Å². The van der Waals surface area contributed by atoms with Crippen molar-refractivity contribution in [2.75, 3.05) is 23.9 Å². The zero-order valence-corrected chi connectivity index (χ0v) is 10.3. The van der Waals surface area contributed by atoms with E-state index in [4.69, 9.17) is 4.74 Å². The van der Waals surface area contributed by atoms with Crippen molar-refractivity contribution >= 4 is 33.4 Å². The highest BCUT2D eigenvalue weighted by molar-refractivity contribution is 9.10. The van der Waals surface area contributed by atoms with Crippen molar-refractivity contribution in [3.8, 4) is 5.75 Å². The first-order valence-electron chi connectivity index (χ1n) is 4.48. The number of hydrogen-bond acceptors (Lipinski definition) is 3. The van der Waals surface area contributed by atoms with Crippen LogP contribution in [0.3, 0.4) is 0 Å². The molecule has 1 fully saturated rings. The number of halogens is 1. The molecule has 0 spiro atoms. The summed E-state index contributed by atoms with van der Waals surface area (Å²) in [5.41, 5.74) is 1.12. The highest BCUT2D eigenvalue weighted by Crippen LogP contribution is 2.34. The highest BCUT2D eigenvalue weighted by Gasteiger charge is 2.18. The fourth-order valence-corrected chi connectivity index (χ4v) is 2.50. The molecule has 1 aromatic carbocycles. The van der Waals surface area contributed by atoms with Gasteiger partial charge in [0, 0.05) is 17.5 Å². The number of hydrogen-bond donors (Lipinski definition) is 1. The van der Waals surface area contributed by atoms with Crippen molar-refractivity contribution in [3.05, 3.63) is 22.7 Å². The molecule has 1 aromatic rings. The van der Waals surface area contributed by atoms with Crippen LogP contribution in [0.25, 0.3) is 0 Å². The number of thioether (sulfide) groups is 1. The molecule has 1 N–H and O–H groups in total. The van der Waals surface area contributed by atoms with Crippen LogP contribution in [-0.4, -0.2) is 24.7 Å². The van der Waals surface area contributed by atoms with E-state index in [1.165, 1.54) is 11.5 Å². The Bertz CT molecular complexity index is 328. The first-order valence-corrected chi connectivity index (χ1v) is 6.43. The van der Waals surface area contributed by atoms with E-state index in [0.717, 1.165) is 15.9 Å². The van der Waals surface area contributed by atoms with Gasteiger partial charge in [-0.05, 0) is 28.1 Å². The van der Waals surface area contributed by atoms with E-state index in [1.807, 2.05) is 23.9 Å². The van der Waals surface area contributed by atoms with E-state index < -0.39 is 0 Å². The molecule has 2 rings (SSSR count). The minimum absolute atomic E-state index is 0.614.